The number of rotatable bonds is 6. The summed E-state index contributed by atoms with van der Waals surface area (Å²) in [5.74, 6) is 1.43. The fraction of sp³-hybridized carbons (Fsp3) is 0.118. The average Bonchev–Trinajstić information content (AvgIpc) is 2.62. The van der Waals surface area contributed by atoms with Crippen molar-refractivity contribution in [2.24, 2.45) is 10.2 Å². The van der Waals surface area contributed by atoms with Crippen molar-refractivity contribution in [3.8, 4) is 11.5 Å². The second-order valence-corrected chi connectivity index (χ2v) is 6.57. The van der Waals surface area contributed by atoms with E-state index in [9.17, 15) is 4.79 Å². The molecule has 2 amide bonds. The topological polar surface area (TPSA) is 84.3 Å². The summed E-state index contributed by atoms with van der Waals surface area (Å²) in [4.78, 5) is 11.6. The number of carbonyl (C=O) groups is 1. The van der Waals surface area contributed by atoms with Crippen LogP contribution in [0.15, 0.2) is 55.5 Å². The van der Waals surface area contributed by atoms with Gasteiger partial charge in [0.2, 0.25) is 0 Å². The lowest BCUT2D eigenvalue weighted by atomic mass is 10.2. The fourth-order valence-corrected chi connectivity index (χ4v) is 3.00. The number of urea groups is 1. The lowest BCUT2D eigenvalue weighted by Gasteiger charge is -2.03. The van der Waals surface area contributed by atoms with E-state index in [1.807, 2.05) is 24.3 Å². The van der Waals surface area contributed by atoms with Crippen molar-refractivity contribution in [1.29, 1.82) is 0 Å². The summed E-state index contributed by atoms with van der Waals surface area (Å²) in [5, 5.41) is 7.71. The Morgan fingerprint density at radius 3 is 1.65 bits per heavy atom. The van der Waals surface area contributed by atoms with Gasteiger partial charge in [0, 0.05) is 0 Å². The molecule has 0 aromatic heterocycles. The van der Waals surface area contributed by atoms with Gasteiger partial charge in [-0.05, 0) is 79.4 Å². The van der Waals surface area contributed by atoms with Crippen LogP contribution < -0.4 is 20.3 Å². The summed E-state index contributed by atoms with van der Waals surface area (Å²) in [6.45, 7) is 0. The molecule has 0 heterocycles. The fourth-order valence-electron chi connectivity index (χ4n) is 1.88. The highest BCUT2D eigenvalue weighted by atomic mass is 79.9. The molecular formula is C17H16Br2N4O3. The highest BCUT2D eigenvalue weighted by molar-refractivity contribution is 9.10. The molecule has 0 fully saturated rings. The Bertz CT molecular complexity index is 773. The van der Waals surface area contributed by atoms with Crippen LogP contribution in [-0.2, 0) is 0 Å². The predicted molar refractivity (Wildman–Crippen MR) is 108 cm³/mol. The van der Waals surface area contributed by atoms with E-state index in [2.05, 4.69) is 52.9 Å². The van der Waals surface area contributed by atoms with Gasteiger partial charge in [-0.25, -0.2) is 15.6 Å². The smallest absolute Gasteiger partial charge is 0.355 e. The lowest BCUT2D eigenvalue weighted by Crippen LogP contribution is -2.28. The van der Waals surface area contributed by atoms with Crippen LogP contribution >= 0.6 is 31.9 Å². The van der Waals surface area contributed by atoms with E-state index in [0.717, 1.165) is 20.1 Å². The number of nitrogens with zero attached hydrogens (tertiary/aromatic N) is 2. The summed E-state index contributed by atoms with van der Waals surface area (Å²) >= 11 is 6.76. The molecule has 0 saturated carbocycles. The first-order valence-electron chi connectivity index (χ1n) is 7.32. The van der Waals surface area contributed by atoms with Crippen LogP contribution in [0.25, 0.3) is 0 Å². The third kappa shape index (κ3) is 5.85. The van der Waals surface area contributed by atoms with Crippen LogP contribution in [0.5, 0.6) is 11.5 Å². The van der Waals surface area contributed by atoms with Gasteiger partial charge in [0.1, 0.15) is 11.5 Å². The predicted octanol–water partition coefficient (Wildman–Crippen LogP) is 3.90. The van der Waals surface area contributed by atoms with Crippen LogP contribution in [0.4, 0.5) is 4.79 Å². The van der Waals surface area contributed by atoms with Gasteiger partial charge in [-0.1, -0.05) is 0 Å². The van der Waals surface area contributed by atoms with Crippen molar-refractivity contribution >= 4 is 50.3 Å². The van der Waals surface area contributed by atoms with Crippen LogP contribution in [0.3, 0.4) is 0 Å². The zero-order valence-electron chi connectivity index (χ0n) is 14.0. The minimum Gasteiger partial charge on any atom is -0.496 e. The van der Waals surface area contributed by atoms with Crippen molar-refractivity contribution < 1.29 is 14.3 Å². The Morgan fingerprint density at radius 1 is 0.885 bits per heavy atom. The number of benzene rings is 2. The molecule has 0 radical (unpaired) electrons. The number of carbonyl (C=O) groups excluding carboxylic acids is 1. The van der Waals surface area contributed by atoms with Gasteiger partial charge in [-0.15, -0.1) is 0 Å². The normalized spacial score (nSPS) is 10.9. The van der Waals surface area contributed by atoms with E-state index >= 15 is 0 Å². The van der Waals surface area contributed by atoms with Crippen molar-refractivity contribution in [3.63, 3.8) is 0 Å². The summed E-state index contributed by atoms with van der Waals surface area (Å²) in [5.41, 5.74) is 6.24. The average molecular weight is 484 g/mol. The van der Waals surface area contributed by atoms with Crippen LogP contribution in [0, 0.1) is 0 Å². The Labute approximate surface area is 167 Å². The molecule has 0 aliphatic heterocycles. The molecule has 0 saturated heterocycles. The van der Waals surface area contributed by atoms with E-state index in [1.165, 1.54) is 12.4 Å². The van der Waals surface area contributed by atoms with Crippen LogP contribution in [0.1, 0.15) is 11.1 Å². The van der Waals surface area contributed by atoms with Crippen molar-refractivity contribution in [3.05, 3.63) is 56.5 Å². The van der Waals surface area contributed by atoms with E-state index in [1.54, 1.807) is 26.4 Å². The molecule has 9 heteroatoms. The molecule has 2 aromatic carbocycles. The number of hydrazone groups is 2. The van der Waals surface area contributed by atoms with Crippen molar-refractivity contribution in [1.82, 2.24) is 10.9 Å². The molecule has 0 spiro atoms. The third-order valence-corrected chi connectivity index (χ3v) is 4.35. The molecule has 136 valence electrons. The highest BCUT2D eigenvalue weighted by Gasteiger charge is 2.01. The molecule has 0 atom stereocenters. The SMILES string of the molecule is COc1ccc(/C=N\NC(=O)N/N=C/c2ccc(OC)c(Br)c2)cc1Br. The molecule has 0 aliphatic rings. The molecule has 2 aromatic rings. The number of hydrogen-bond acceptors (Lipinski definition) is 5. The van der Waals surface area contributed by atoms with Gasteiger partial charge < -0.3 is 9.47 Å². The maximum atomic E-state index is 11.6. The van der Waals surface area contributed by atoms with Gasteiger partial charge >= 0.3 is 6.03 Å². The summed E-state index contributed by atoms with van der Waals surface area (Å²) in [6.07, 6.45) is 3.02. The molecular weight excluding hydrogens is 468 g/mol. The number of methoxy groups -OCH3 is 2. The molecule has 26 heavy (non-hydrogen) atoms. The molecule has 0 unspecified atom stereocenters. The Balaban J connectivity index is 1.85. The number of amides is 2. The Morgan fingerprint density at radius 2 is 1.31 bits per heavy atom. The van der Waals surface area contributed by atoms with Crippen molar-refractivity contribution in [2.45, 2.75) is 0 Å². The quantitative estimate of drug-likeness (QED) is 0.482. The molecule has 0 aliphatic carbocycles. The maximum Gasteiger partial charge on any atom is 0.355 e. The summed E-state index contributed by atoms with van der Waals surface area (Å²) in [7, 11) is 3.18. The largest absolute Gasteiger partial charge is 0.496 e. The zero-order chi connectivity index (χ0) is 18.9. The first-order chi connectivity index (χ1) is 12.5. The van der Waals surface area contributed by atoms with Crippen molar-refractivity contribution in [2.75, 3.05) is 14.2 Å². The lowest BCUT2D eigenvalue weighted by molar-refractivity contribution is 0.242. The van der Waals surface area contributed by atoms with Gasteiger partial charge in [0.25, 0.3) is 0 Å². The monoisotopic (exact) mass is 482 g/mol. The van der Waals surface area contributed by atoms with E-state index in [-0.39, 0.29) is 0 Å². The van der Waals surface area contributed by atoms with Gasteiger partial charge in [0.05, 0.1) is 35.6 Å². The minimum absolute atomic E-state index is 0.558. The van der Waals surface area contributed by atoms with Gasteiger partial charge in [0.15, 0.2) is 0 Å². The van der Waals surface area contributed by atoms with E-state index in [0.29, 0.717) is 11.5 Å². The minimum atomic E-state index is -0.558. The first kappa shape index (κ1) is 19.9. The third-order valence-electron chi connectivity index (χ3n) is 3.11. The molecule has 2 rings (SSSR count). The Kier molecular flexibility index (Phi) is 7.61. The number of hydrogen-bond donors (Lipinski definition) is 2. The van der Waals surface area contributed by atoms with E-state index < -0.39 is 6.03 Å². The first-order valence-corrected chi connectivity index (χ1v) is 8.91. The second-order valence-electron chi connectivity index (χ2n) is 4.86. The second kappa shape index (κ2) is 9.93. The Hall–Kier alpha value is -2.39. The van der Waals surface area contributed by atoms with Crippen LogP contribution in [-0.4, -0.2) is 32.7 Å². The summed E-state index contributed by atoms with van der Waals surface area (Å²) in [6, 6.07) is 10.3. The van der Waals surface area contributed by atoms with Crippen LogP contribution in [0.2, 0.25) is 0 Å². The standard InChI is InChI=1S/C17H16Br2N4O3/c1-25-15-5-3-11(7-13(15)18)9-20-22-17(24)23-21-10-12-4-6-16(26-2)14(19)8-12/h3-10H,1-2H3,(H2,22,23,24)/b20-9-,21-10+. The highest BCUT2D eigenvalue weighted by Crippen LogP contribution is 2.25. The molecule has 7 nitrogen and oxygen atoms in total. The molecule has 0 bridgehead atoms. The van der Waals surface area contributed by atoms with Gasteiger partial charge in [-0.2, -0.15) is 10.2 Å². The number of halogens is 2. The summed E-state index contributed by atoms with van der Waals surface area (Å²) < 4.78 is 11.9. The molecule has 2 N–H and O–H groups in total. The zero-order valence-corrected chi connectivity index (χ0v) is 17.2. The van der Waals surface area contributed by atoms with E-state index in [4.69, 9.17) is 9.47 Å². The number of nitrogens with one attached hydrogen (secondary N) is 2. The van der Waals surface area contributed by atoms with Gasteiger partial charge in [-0.3, -0.25) is 0 Å². The number of ether oxygens (including phenoxy) is 2. The maximum absolute atomic E-state index is 11.6.